The maximum absolute atomic E-state index is 6.17. The number of hydrogen-bond acceptors (Lipinski definition) is 3. The quantitative estimate of drug-likeness (QED) is 0.877. The summed E-state index contributed by atoms with van der Waals surface area (Å²) in [6.45, 7) is 5.64. The molecule has 0 spiro atoms. The van der Waals surface area contributed by atoms with E-state index < -0.39 is 0 Å². The van der Waals surface area contributed by atoms with Crippen LogP contribution in [0.2, 0.25) is 5.02 Å². The second kappa shape index (κ2) is 7.48. The zero-order valence-corrected chi connectivity index (χ0v) is 14.2. The van der Waals surface area contributed by atoms with Gasteiger partial charge in [-0.25, -0.2) is 0 Å². The van der Waals surface area contributed by atoms with Gasteiger partial charge in [-0.3, -0.25) is 0 Å². The number of likely N-dealkylation sites (tertiary alicyclic amines) is 1. The predicted molar refractivity (Wildman–Crippen MR) is 92.3 cm³/mol. The van der Waals surface area contributed by atoms with Gasteiger partial charge in [0.05, 0.1) is 0 Å². The molecule has 4 heteroatoms. The number of halogens is 1. The fourth-order valence-electron chi connectivity index (χ4n) is 3.18. The van der Waals surface area contributed by atoms with Crippen molar-refractivity contribution < 1.29 is 0 Å². The van der Waals surface area contributed by atoms with Crippen LogP contribution in [0.5, 0.6) is 0 Å². The Kier molecular flexibility index (Phi) is 5.91. The average molecular weight is 310 g/mol. The average Bonchev–Trinajstić information content (AvgIpc) is 2.84. The van der Waals surface area contributed by atoms with E-state index >= 15 is 0 Å². The fourth-order valence-corrected chi connectivity index (χ4v) is 3.37. The summed E-state index contributed by atoms with van der Waals surface area (Å²) < 4.78 is 0. The van der Waals surface area contributed by atoms with Crippen molar-refractivity contribution in [2.75, 3.05) is 38.6 Å². The normalized spacial score (nSPS) is 20.7. The Morgan fingerprint density at radius 3 is 2.86 bits per heavy atom. The van der Waals surface area contributed by atoms with Crippen molar-refractivity contribution in [2.45, 2.75) is 32.2 Å². The molecule has 21 heavy (non-hydrogen) atoms. The zero-order valence-electron chi connectivity index (χ0n) is 13.5. The number of rotatable bonds is 6. The minimum absolute atomic E-state index is 0.202. The molecule has 2 N–H and O–H groups in total. The Labute approximate surface area is 134 Å². The number of hydrogen-bond donors (Lipinski definition) is 1. The van der Waals surface area contributed by atoms with E-state index in [1.54, 1.807) is 0 Å². The first kappa shape index (κ1) is 16.6. The van der Waals surface area contributed by atoms with E-state index in [4.69, 9.17) is 17.3 Å². The van der Waals surface area contributed by atoms with Gasteiger partial charge in [0, 0.05) is 36.9 Å². The lowest BCUT2D eigenvalue weighted by Gasteiger charge is -2.26. The molecule has 0 aliphatic carbocycles. The van der Waals surface area contributed by atoms with Crippen molar-refractivity contribution in [1.82, 2.24) is 4.90 Å². The summed E-state index contributed by atoms with van der Waals surface area (Å²) in [6.07, 6.45) is 3.17. The molecule has 1 saturated heterocycles. The second-order valence-electron chi connectivity index (χ2n) is 6.44. The van der Waals surface area contributed by atoms with Gasteiger partial charge in [-0.15, -0.1) is 0 Å². The van der Waals surface area contributed by atoms with Crippen LogP contribution in [-0.2, 0) is 6.42 Å². The van der Waals surface area contributed by atoms with E-state index in [1.165, 1.54) is 30.8 Å². The topological polar surface area (TPSA) is 32.5 Å². The summed E-state index contributed by atoms with van der Waals surface area (Å²) in [5, 5.41) is 0.797. The highest BCUT2D eigenvalue weighted by atomic mass is 35.5. The van der Waals surface area contributed by atoms with Crippen molar-refractivity contribution in [2.24, 2.45) is 11.7 Å². The monoisotopic (exact) mass is 309 g/mol. The van der Waals surface area contributed by atoms with E-state index in [2.05, 4.69) is 43.0 Å². The van der Waals surface area contributed by atoms with Crippen LogP contribution in [-0.4, -0.2) is 44.7 Å². The molecule has 3 nitrogen and oxygen atoms in total. The molecule has 0 bridgehead atoms. The molecule has 118 valence electrons. The highest BCUT2D eigenvalue weighted by Crippen LogP contribution is 2.27. The molecule has 0 aromatic heterocycles. The number of anilines is 1. The number of nitrogens with two attached hydrogens (primary N) is 1. The third kappa shape index (κ3) is 4.60. The van der Waals surface area contributed by atoms with Gasteiger partial charge in [-0.1, -0.05) is 18.5 Å². The van der Waals surface area contributed by atoms with Gasteiger partial charge in [0.15, 0.2) is 0 Å². The number of nitrogens with zero attached hydrogens (tertiary/aromatic N) is 2. The first-order valence-electron chi connectivity index (χ1n) is 7.93. The van der Waals surface area contributed by atoms with Crippen molar-refractivity contribution in [3.8, 4) is 0 Å². The smallest absolute Gasteiger partial charge is 0.0410 e. The van der Waals surface area contributed by atoms with Crippen LogP contribution in [0.25, 0.3) is 0 Å². The molecule has 1 aliphatic heterocycles. The van der Waals surface area contributed by atoms with Crippen LogP contribution in [0.1, 0.15) is 25.3 Å². The lowest BCUT2D eigenvalue weighted by molar-refractivity contribution is 0.396. The Morgan fingerprint density at radius 2 is 2.24 bits per heavy atom. The Morgan fingerprint density at radius 1 is 1.48 bits per heavy atom. The summed E-state index contributed by atoms with van der Waals surface area (Å²) in [5.74, 6) is 0.753. The zero-order chi connectivity index (χ0) is 15.4. The molecule has 0 amide bonds. The van der Waals surface area contributed by atoms with Crippen molar-refractivity contribution in [3.63, 3.8) is 0 Å². The summed E-state index contributed by atoms with van der Waals surface area (Å²) in [4.78, 5) is 4.78. The van der Waals surface area contributed by atoms with Gasteiger partial charge < -0.3 is 15.5 Å². The SMILES string of the molecule is CCC(N)Cc1cc(Cl)ccc1N(C)CC1CCN(C)C1. The Hall–Kier alpha value is -0.770. The highest BCUT2D eigenvalue weighted by molar-refractivity contribution is 6.30. The van der Waals surface area contributed by atoms with Crippen LogP contribution >= 0.6 is 11.6 Å². The minimum Gasteiger partial charge on any atom is -0.374 e. The molecule has 1 aromatic carbocycles. The van der Waals surface area contributed by atoms with Gasteiger partial charge in [0.1, 0.15) is 0 Å². The summed E-state index contributed by atoms with van der Waals surface area (Å²) in [7, 11) is 4.39. The number of benzene rings is 1. The van der Waals surface area contributed by atoms with E-state index in [-0.39, 0.29) is 6.04 Å². The standard InChI is InChI=1S/C17H28ClN3/c1-4-16(19)10-14-9-15(18)5-6-17(14)21(3)12-13-7-8-20(2)11-13/h5-6,9,13,16H,4,7-8,10-12,19H2,1-3H3. The summed E-state index contributed by atoms with van der Waals surface area (Å²) >= 11 is 6.17. The van der Waals surface area contributed by atoms with E-state index in [0.29, 0.717) is 0 Å². The molecule has 1 heterocycles. The van der Waals surface area contributed by atoms with E-state index in [9.17, 15) is 0 Å². The van der Waals surface area contributed by atoms with Crippen LogP contribution in [0.3, 0.4) is 0 Å². The third-order valence-electron chi connectivity index (χ3n) is 4.48. The summed E-state index contributed by atoms with van der Waals surface area (Å²) in [5.41, 5.74) is 8.68. The predicted octanol–water partition coefficient (Wildman–Crippen LogP) is 3.01. The van der Waals surface area contributed by atoms with Crippen LogP contribution in [0.4, 0.5) is 5.69 Å². The lowest BCUT2D eigenvalue weighted by Crippen LogP contribution is -2.29. The second-order valence-corrected chi connectivity index (χ2v) is 6.88. The largest absolute Gasteiger partial charge is 0.374 e. The molecule has 1 fully saturated rings. The van der Waals surface area contributed by atoms with Crippen LogP contribution < -0.4 is 10.6 Å². The van der Waals surface area contributed by atoms with E-state index in [1.807, 2.05) is 6.07 Å². The van der Waals surface area contributed by atoms with Crippen molar-refractivity contribution in [1.29, 1.82) is 0 Å². The van der Waals surface area contributed by atoms with Crippen molar-refractivity contribution >= 4 is 17.3 Å². The summed E-state index contributed by atoms with van der Waals surface area (Å²) in [6, 6.07) is 6.39. The molecule has 2 atom stereocenters. The maximum atomic E-state index is 6.17. The van der Waals surface area contributed by atoms with Crippen LogP contribution in [0, 0.1) is 5.92 Å². The minimum atomic E-state index is 0.202. The third-order valence-corrected chi connectivity index (χ3v) is 4.72. The molecular formula is C17H28ClN3. The van der Waals surface area contributed by atoms with Crippen molar-refractivity contribution in [3.05, 3.63) is 28.8 Å². The van der Waals surface area contributed by atoms with Crippen LogP contribution in [0.15, 0.2) is 18.2 Å². The molecule has 0 radical (unpaired) electrons. The highest BCUT2D eigenvalue weighted by Gasteiger charge is 2.22. The first-order valence-corrected chi connectivity index (χ1v) is 8.31. The van der Waals surface area contributed by atoms with Gasteiger partial charge in [-0.2, -0.15) is 0 Å². The fraction of sp³-hybridized carbons (Fsp3) is 0.647. The Bertz CT molecular complexity index is 463. The molecule has 0 saturated carbocycles. The van der Waals surface area contributed by atoms with Gasteiger partial charge in [0.25, 0.3) is 0 Å². The molecule has 1 aromatic rings. The Balaban J connectivity index is 2.09. The molecule has 2 rings (SSSR count). The molecule has 2 unspecified atom stereocenters. The molecule has 1 aliphatic rings. The molecular weight excluding hydrogens is 282 g/mol. The van der Waals surface area contributed by atoms with Gasteiger partial charge in [-0.05, 0) is 62.5 Å². The lowest BCUT2D eigenvalue weighted by atomic mass is 10.0. The van der Waals surface area contributed by atoms with Gasteiger partial charge in [0.2, 0.25) is 0 Å². The van der Waals surface area contributed by atoms with Gasteiger partial charge >= 0.3 is 0 Å². The van der Waals surface area contributed by atoms with E-state index in [0.717, 1.165) is 30.3 Å². The maximum Gasteiger partial charge on any atom is 0.0410 e. The first-order chi connectivity index (χ1) is 9.99.